The minimum atomic E-state index is -0.738. The average Bonchev–Trinajstić information content (AvgIpc) is 3.88. The lowest BCUT2D eigenvalue weighted by Gasteiger charge is -2.27. The Hall–Kier alpha value is -6.45. The Kier molecular flexibility index (Phi) is 13.0. The number of halogens is 3. The van der Waals surface area contributed by atoms with Gasteiger partial charge in [0.1, 0.15) is 30.8 Å². The van der Waals surface area contributed by atoms with E-state index in [1.807, 2.05) is 28.0 Å². The molecular weight excluding hydrogens is 845 g/mol. The maximum atomic E-state index is 12.0. The summed E-state index contributed by atoms with van der Waals surface area (Å²) in [6, 6.07) is 15.9. The van der Waals surface area contributed by atoms with Crippen molar-refractivity contribution in [1.29, 1.82) is 0 Å². The molecule has 3 saturated heterocycles. The third kappa shape index (κ3) is 10.4. The molecule has 60 heavy (non-hydrogen) atoms. The Morgan fingerprint density at radius 3 is 1.05 bits per heavy atom. The molecule has 0 N–H and O–H groups in total. The first-order valence-electron chi connectivity index (χ1n) is 18.5. The van der Waals surface area contributed by atoms with Crippen molar-refractivity contribution in [1.82, 2.24) is 44.4 Å². The number of rotatable bonds is 15. The van der Waals surface area contributed by atoms with E-state index in [0.717, 1.165) is 33.4 Å². The highest BCUT2D eigenvalue weighted by atomic mass is 35.5. The van der Waals surface area contributed by atoms with Crippen LogP contribution in [0.4, 0.5) is 0 Å². The summed E-state index contributed by atoms with van der Waals surface area (Å²) < 4.78 is 0. The lowest BCUT2D eigenvalue weighted by molar-refractivity contribution is -0.486. The molecule has 4 aromatic rings. The summed E-state index contributed by atoms with van der Waals surface area (Å²) >= 11 is 18.0. The van der Waals surface area contributed by atoms with Crippen LogP contribution in [-0.2, 0) is 39.3 Å². The highest BCUT2D eigenvalue weighted by Crippen LogP contribution is 2.28. The van der Waals surface area contributed by atoms with Crippen LogP contribution in [0.15, 0.2) is 88.5 Å². The van der Waals surface area contributed by atoms with E-state index in [2.05, 4.69) is 30.3 Å². The van der Waals surface area contributed by atoms with Crippen molar-refractivity contribution in [2.75, 3.05) is 39.3 Å². The summed E-state index contributed by atoms with van der Waals surface area (Å²) in [5, 5.41) is 45.8. The van der Waals surface area contributed by atoms with Gasteiger partial charge in [0.05, 0.1) is 0 Å². The quantitative estimate of drug-likeness (QED) is 0.0915. The SMILES string of the molecule is O=[N+]([O-])/N=C1\N(Cc2ccc(Cl)nc2)CCN1Cc1cccc(CN2CCN(Cc3ccc(Cl)nc3)/C2=N/[N+](=O)[O-])c1CN1CCN(Cc2ccc(Cl)nc2)/C1=N\[N+](=O)[O-]. The molecule has 6 heterocycles. The van der Waals surface area contributed by atoms with Crippen LogP contribution in [-0.4, -0.2) is 117 Å². The smallest absolute Gasteiger partial charge is 0.274 e. The standard InChI is InChI=1S/C36H36Cl3N15O6/c37-31-7-4-25(16-40-31)19-46-10-13-49(34(46)43-52(55)56)22-28-2-1-3-29(23-50-14-11-47(35(50)44-53(57)58)20-26-5-8-32(38)41-17-26)30(28)24-51-15-12-48(36(51)45-54(59)60)21-27-6-9-33(39)42-18-27/h1-9,16-18H,10-15,19-24H2/b43-34-,44-35+,45-36+. The molecule has 0 aliphatic carbocycles. The molecule has 3 fully saturated rings. The minimum Gasteiger partial charge on any atom is -0.331 e. The predicted molar refractivity (Wildman–Crippen MR) is 220 cm³/mol. The van der Waals surface area contributed by atoms with Gasteiger partial charge < -0.3 is 29.4 Å². The van der Waals surface area contributed by atoms with E-state index in [4.69, 9.17) is 34.8 Å². The summed E-state index contributed by atoms with van der Waals surface area (Å²) in [4.78, 5) is 58.9. The van der Waals surface area contributed by atoms with Gasteiger partial charge in [-0.25, -0.2) is 45.3 Å². The van der Waals surface area contributed by atoms with Crippen LogP contribution in [0.3, 0.4) is 0 Å². The first-order valence-corrected chi connectivity index (χ1v) is 19.6. The summed E-state index contributed by atoms with van der Waals surface area (Å²) in [5.74, 6) is 0.436. The van der Waals surface area contributed by atoms with Gasteiger partial charge in [-0.3, -0.25) is 0 Å². The largest absolute Gasteiger partial charge is 0.331 e. The second-order valence-electron chi connectivity index (χ2n) is 14.0. The Morgan fingerprint density at radius 1 is 0.467 bits per heavy atom. The van der Waals surface area contributed by atoms with Gasteiger partial charge in [-0.1, -0.05) is 71.2 Å². The lowest BCUT2D eigenvalue weighted by atomic mass is 9.99. The molecule has 24 heteroatoms. The molecule has 312 valence electrons. The molecule has 0 saturated carbocycles. The molecule has 0 radical (unpaired) electrons. The Balaban J connectivity index is 1.22. The number of pyridine rings is 3. The van der Waals surface area contributed by atoms with Gasteiger partial charge in [0, 0.05) is 97.1 Å². The molecule has 0 unspecified atom stereocenters. The van der Waals surface area contributed by atoms with Gasteiger partial charge in [-0.2, -0.15) is 0 Å². The number of aromatic nitrogens is 3. The van der Waals surface area contributed by atoms with Crippen LogP contribution in [0.2, 0.25) is 15.5 Å². The zero-order valence-corrected chi connectivity index (χ0v) is 34.0. The second-order valence-corrected chi connectivity index (χ2v) is 15.1. The molecule has 1 aromatic carbocycles. The van der Waals surface area contributed by atoms with Gasteiger partial charge in [-0.05, 0) is 51.6 Å². The van der Waals surface area contributed by atoms with Crippen LogP contribution in [0.25, 0.3) is 0 Å². The first-order chi connectivity index (χ1) is 28.9. The third-order valence-electron chi connectivity index (χ3n) is 10.1. The van der Waals surface area contributed by atoms with Gasteiger partial charge in [0.25, 0.3) is 17.9 Å². The number of hydrazone groups is 3. The van der Waals surface area contributed by atoms with E-state index in [1.54, 1.807) is 74.6 Å². The van der Waals surface area contributed by atoms with E-state index < -0.39 is 15.1 Å². The van der Waals surface area contributed by atoms with Crippen LogP contribution < -0.4 is 0 Å². The number of nitrogens with zero attached hydrogens (tertiary/aromatic N) is 15. The van der Waals surface area contributed by atoms with Crippen LogP contribution >= 0.6 is 34.8 Å². The summed E-state index contributed by atoms with van der Waals surface area (Å²) in [7, 11) is 0. The average molecular weight is 881 g/mol. The van der Waals surface area contributed by atoms with Crippen LogP contribution in [0.5, 0.6) is 0 Å². The third-order valence-corrected chi connectivity index (χ3v) is 10.7. The normalized spacial score (nSPS) is 17.6. The van der Waals surface area contributed by atoms with Crippen LogP contribution in [0, 0.1) is 30.3 Å². The van der Waals surface area contributed by atoms with E-state index in [9.17, 15) is 30.3 Å². The molecular formula is C36H36Cl3N15O6. The van der Waals surface area contributed by atoms with Gasteiger partial charge in [0.2, 0.25) is 0 Å². The van der Waals surface area contributed by atoms with E-state index in [0.29, 0.717) is 67.8 Å². The monoisotopic (exact) mass is 879 g/mol. The Bertz CT molecular complexity index is 2210. The fourth-order valence-electron chi connectivity index (χ4n) is 7.37. The molecule has 3 aromatic heterocycles. The molecule has 0 amide bonds. The molecule has 3 aliphatic heterocycles. The van der Waals surface area contributed by atoms with E-state index >= 15 is 0 Å². The highest BCUT2D eigenvalue weighted by Gasteiger charge is 2.35. The van der Waals surface area contributed by atoms with Crippen molar-refractivity contribution >= 4 is 52.7 Å². The number of benzene rings is 1. The maximum absolute atomic E-state index is 12.0. The van der Waals surface area contributed by atoms with Crippen molar-refractivity contribution in [3.8, 4) is 0 Å². The second kappa shape index (κ2) is 18.6. The summed E-state index contributed by atoms with van der Waals surface area (Å²) in [5.41, 5.74) is 4.61. The number of guanidine groups is 3. The fourth-order valence-corrected chi connectivity index (χ4v) is 7.71. The summed E-state index contributed by atoms with van der Waals surface area (Å²) in [6.45, 7) is 3.84. The topological polar surface area (TPSA) is 225 Å². The van der Waals surface area contributed by atoms with Gasteiger partial charge in [-0.15, -0.1) is 0 Å². The zero-order chi connectivity index (χ0) is 42.3. The molecule has 0 bridgehead atoms. The van der Waals surface area contributed by atoms with E-state index in [1.165, 1.54) is 0 Å². The number of hydrogen-bond acceptors (Lipinski definition) is 9. The van der Waals surface area contributed by atoms with Gasteiger partial charge in [0.15, 0.2) is 15.1 Å². The minimum absolute atomic E-state index is 0.134. The zero-order valence-electron chi connectivity index (χ0n) is 31.7. The molecule has 0 atom stereocenters. The fraction of sp³-hybridized carbons (Fsp3) is 0.333. The van der Waals surface area contributed by atoms with Crippen LogP contribution in [0.1, 0.15) is 33.4 Å². The van der Waals surface area contributed by atoms with Crippen molar-refractivity contribution < 1.29 is 15.1 Å². The predicted octanol–water partition coefficient (Wildman–Crippen LogP) is 4.43. The van der Waals surface area contributed by atoms with E-state index in [-0.39, 0.29) is 44.1 Å². The molecule has 7 rings (SSSR count). The first kappa shape index (κ1) is 41.7. The van der Waals surface area contributed by atoms with Gasteiger partial charge >= 0.3 is 0 Å². The molecule has 0 spiro atoms. The van der Waals surface area contributed by atoms with Crippen molar-refractivity contribution in [3.63, 3.8) is 0 Å². The Labute approximate surface area is 357 Å². The highest BCUT2D eigenvalue weighted by molar-refractivity contribution is 6.29. The number of hydrogen-bond donors (Lipinski definition) is 0. The summed E-state index contributed by atoms with van der Waals surface area (Å²) in [6.07, 6.45) is 4.80. The Morgan fingerprint density at radius 2 is 0.767 bits per heavy atom. The van der Waals surface area contributed by atoms with Crippen molar-refractivity contribution in [2.45, 2.75) is 39.3 Å². The van der Waals surface area contributed by atoms with Crippen molar-refractivity contribution in [2.24, 2.45) is 15.3 Å². The van der Waals surface area contributed by atoms with Crippen molar-refractivity contribution in [3.05, 3.63) is 152 Å². The maximum Gasteiger partial charge on any atom is 0.274 e. The lowest BCUT2D eigenvalue weighted by Crippen LogP contribution is -2.37. The molecule has 3 aliphatic rings. The number of nitro groups is 3. The molecule has 21 nitrogen and oxygen atoms in total.